The van der Waals surface area contributed by atoms with Gasteiger partial charge in [0.1, 0.15) is 125 Å². The molecule has 5 aliphatic rings. The number of aromatic nitrogens is 7. The first kappa shape index (κ1) is 71.8. The van der Waals surface area contributed by atoms with E-state index < -0.39 is 115 Å². The lowest BCUT2D eigenvalue weighted by Gasteiger charge is -2.48. The van der Waals surface area contributed by atoms with Gasteiger partial charge in [0.2, 0.25) is 5.91 Å². The second kappa shape index (κ2) is 30.0. The zero-order valence-corrected chi connectivity index (χ0v) is 60.5. The Kier molecular flexibility index (Phi) is 21.1. The average molecular weight is 1490 g/mol. The number of esters is 2. The molecule has 7 aromatic heterocycles. The zero-order chi connectivity index (χ0) is 72.0. The molecule has 0 spiro atoms. The lowest BCUT2D eigenvalue weighted by molar-refractivity contribution is -0.280. The highest BCUT2D eigenvalue weighted by Crippen LogP contribution is 2.43. The van der Waals surface area contributed by atoms with Gasteiger partial charge < -0.3 is 90.0 Å². The monoisotopic (exact) mass is 1490 g/mol. The van der Waals surface area contributed by atoms with Gasteiger partial charge >= 0.3 is 11.9 Å². The summed E-state index contributed by atoms with van der Waals surface area (Å²) in [5, 5.41) is 57.6. The molecule has 538 valence electrons. The normalized spacial score (nSPS) is 24.9. The van der Waals surface area contributed by atoms with Crippen molar-refractivity contribution in [3.63, 3.8) is 0 Å². The second-order valence-electron chi connectivity index (χ2n) is 25.7. The van der Waals surface area contributed by atoms with Gasteiger partial charge in [-0.25, -0.2) is 39.5 Å². The molecule has 0 saturated carbocycles. The summed E-state index contributed by atoms with van der Waals surface area (Å²) in [5.74, 6) is -6.15. The van der Waals surface area contributed by atoms with Gasteiger partial charge in [0.05, 0.1) is 37.6 Å². The molecule has 12 heterocycles. The van der Waals surface area contributed by atoms with E-state index in [4.69, 9.17) is 43.4 Å². The van der Waals surface area contributed by atoms with Crippen LogP contribution in [0.15, 0.2) is 56.9 Å². The topological polar surface area (TPSA) is 399 Å². The first-order chi connectivity index (χ1) is 48.9. The first-order valence-electron chi connectivity index (χ1n) is 32.6. The molecule has 0 radical (unpaired) electrons. The van der Waals surface area contributed by atoms with Crippen LogP contribution in [0, 0.1) is 0 Å². The van der Waals surface area contributed by atoms with E-state index in [0.717, 1.165) is 89.4 Å². The number of hydrogen-bond donors (Lipinski definition) is 9. The molecule has 13 rings (SSSR count). The number of aromatic amines is 1. The number of thiazole rings is 5. The molecule has 102 heavy (non-hydrogen) atoms. The number of benzene rings is 1. The number of carbonyl (C=O) groups is 7. The SMILES string of the molecule is CO/C(C)=C1/NC(=O)C(C(C)O)NC(=O)c2csc(n2)-c2cc(O)c(-c3nc(C(=O)NCCCN4CCN(C)CC4)cs3)nc2-c2csc(n2)C2COC(=O)c3[nH]c4cccc5c4c3COC(C(OC3CC(C)(O)C(N(C)C)C(C)O3)C(=O)OC5)C(NC(=O)c3csc1n3)c1nc(cs1)C(=O)N2. The molecule has 5 aliphatic heterocycles. The van der Waals surface area contributed by atoms with Crippen molar-refractivity contribution in [1.82, 2.24) is 76.2 Å². The van der Waals surface area contributed by atoms with E-state index in [1.807, 2.05) is 4.90 Å². The third-order valence-corrected chi connectivity index (χ3v) is 22.6. The van der Waals surface area contributed by atoms with E-state index in [2.05, 4.69) is 63.4 Å². The highest BCUT2D eigenvalue weighted by atomic mass is 32.1. The molecule has 0 aliphatic carbocycles. The summed E-state index contributed by atoms with van der Waals surface area (Å²) in [6, 6.07) is 1.49. The summed E-state index contributed by atoms with van der Waals surface area (Å²) in [7, 11) is 7.01. The number of cyclic esters (lactones) is 2. The van der Waals surface area contributed by atoms with Gasteiger partial charge in [0.25, 0.3) is 23.6 Å². The lowest BCUT2D eigenvalue weighted by Crippen LogP contribution is -2.62. The zero-order valence-electron chi connectivity index (χ0n) is 56.4. The van der Waals surface area contributed by atoms with Crippen LogP contribution in [0.5, 0.6) is 5.75 Å². The number of methoxy groups -OCH3 is 1. The number of nitrogens with one attached hydrogen (secondary N) is 6. The fraction of sp³-hybridized carbons (Fsp3) is 0.439. The second-order valence-corrected chi connectivity index (χ2v) is 30.0. The van der Waals surface area contributed by atoms with E-state index in [9.17, 15) is 29.7 Å². The van der Waals surface area contributed by atoms with Crippen molar-refractivity contribution in [3.8, 4) is 38.4 Å². The molecular formula is C66H73N15O16S5. The number of aromatic hydroxyl groups is 1. The fourth-order valence-electron chi connectivity index (χ4n) is 13.0. The summed E-state index contributed by atoms with van der Waals surface area (Å²) in [6.45, 7) is 9.82. The van der Waals surface area contributed by atoms with Crippen LogP contribution in [0.3, 0.4) is 0 Å². The molecule has 10 unspecified atom stereocenters. The number of likely N-dealkylation sites (N-methyl/N-ethyl adjacent to an activating group) is 2. The number of hydrogen-bond acceptors (Lipinski definition) is 30. The van der Waals surface area contributed by atoms with Crippen LogP contribution in [-0.2, 0) is 51.2 Å². The highest BCUT2D eigenvalue weighted by molar-refractivity contribution is 7.14. The van der Waals surface area contributed by atoms with Crippen molar-refractivity contribution in [2.45, 2.75) is 114 Å². The van der Waals surface area contributed by atoms with Gasteiger partial charge in [-0.2, -0.15) is 0 Å². The predicted molar refractivity (Wildman–Crippen MR) is 374 cm³/mol. The summed E-state index contributed by atoms with van der Waals surface area (Å²) in [4.78, 5) is 141. The molecule has 2 fully saturated rings. The van der Waals surface area contributed by atoms with Crippen LogP contribution in [-0.4, -0.2) is 229 Å². The molecule has 12 bridgehead atoms. The van der Waals surface area contributed by atoms with Crippen molar-refractivity contribution < 1.29 is 77.3 Å². The third kappa shape index (κ3) is 15.0. The van der Waals surface area contributed by atoms with Crippen LogP contribution >= 0.6 is 56.7 Å². The molecular weight excluding hydrogens is 1420 g/mol. The summed E-state index contributed by atoms with van der Waals surface area (Å²) < 4.78 is 38.0. The number of allylic oxidation sites excluding steroid dienone is 1. The molecule has 8 aromatic rings. The number of aliphatic hydroxyl groups excluding tert-OH is 1. The average Bonchev–Trinajstić information content (AvgIpc) is 1.51. The molecule has 10 atom stereocenters. The van der Waals surface area contributed by atoms with Gasteiger partial charge in [-0.3, -0.25) is 24.0 Å². The van der Waals surface area contributed by atoms with Gasteiger partial charge in [-0.05, 0) is 79.5 Å². The Bertz CT molecular complexity index is 4570. The van der Waals surface area contributed by atoms with Crippen LogP contribution in [0.2, 0.25) is 0 Å². The molecule has 9 N–H and O–H groups in total. The van der Waals surface area contributed by atoms with Crippen LogP contribution in [0.4, 0.5) is 0 Å². The Morgan fingerprint density at radius 1 is 0.833 bits per heavy atom. The lowest BCUT2D eigenvalue weighted by atomic mass is 9.85. The molecule has 31 nitrogen and oxygen atoms in total. The number of H-pyrrole nitrogens is 1. The van der Waals surface area contributed by atoms with Gasteiger partial charge in [0.15, 0.2) is 12.4 Å². The van der Waals surface area contributed by atoms with E-state index in [0.29, 0.717) is 29.4 Å². The number of nitrogens with zero attached hydrogens (tertiary/aromatic N) is 9. The molecule has 5 amide bonds. The number of fused-ring (bicyclic) bond motifs is 15. The number of aliphatic hydroxyl groups is 2. The molecule has 2 saturated heterocycles. The smallest absolute Gasteiger partial charge is 0.355 e. The van der Waals surface area contributed by atoms with E-state index in [-0.39, 0.29) is 112 Å². The number of pyridine rings is 1. The van der Waals surface area contributed by atoms with Crippen LogP contribution in [0.1, 0.15) is 131 Å². The maximum Gasteiger partial charge on any atom is 0.355 e. The molecule has 36 heteroatoms. The standard InChI is InChI=1S/C66H73N15O16S5/c1-29(82)45-58(88)77-46(30(2)92-8)61-73-41(28-100-61)57(87)78-50-51-52(97-43-20-66(4,91)53(79(5)6)31(3)96-43)65(90)94-21-32-11-9-12-35-44(32)34(22-93-51)48(68-35)64(89)95-23-36(69-55(85)39-27-102-63(50)74-39)60-70-37(24-99-60)47-33(59-71-40(26-98-59)56(86)76-45)19-42(83)49(75-47)62-72-38(25-101-62)54(84)67-13-10-14-81-17-15-80(7)16-18-81/h9,11-12,19,24-29,31,36,43,45,50-53,68,82-83,91H,10,13-18,20-23H2,1-8H3,(H,67,84)(H,69,85)(H,76,86)(H,77,88)(H,78,87)/b46-30+. The van der Waals surface area contributed by atoms with E-state index in [1.54, 1.807) is 56.9 Å². The number of piperazine rings is 1. The Hall–Kier alpha value is -8.63. The summed E-state index contributed by atoms with van der Waals surface area (Å²) in [5.41, 5.74) is -0.709. The van der Waals surface area contributed by atoms with Crippen LogP contribution < -0.4 is 26.6 Å². The minimum atomic E-state index is -1.84. The maximum atomic E-state index is 15.2. The third-order valence-electron chi connectivity index (χ3n) is 18.2. The Morgan fingerprint density at radius 3 is 2.26 bits per heavy atom. The Labute approximate surface area is 603 Å². The number of carbonyl (C=O) groups excluding carboxylic acids is 7. The fourth-order valence-corrected chi connectivity index (χ4v) is 17.2. The maximum absolute atomic E-state index is 15.2. The van der Waals surface area contributed by atoms with Gasteiger partial charge in [-0.15, -0.1) is 56.7 Å². The number of amides is 5. The van der Waals surface area contributed by atoms with Crippen molar-refractivity contribution in [2.75, 3.05) is 74.1 Å². The molecule has 1 aromatic carbocycles. The van der Waals surface area contributed by atoms with Crippen LogP contribution in [0.25, 0.3) is 49.3 Å². The van der Waals surface area contributed by atoms with Crippen molar-refractivity contribution in [1.29, 1.82) is 0 Å². The highest BCUT2D eigenvalue weighted by Gasteiger charge is 2.50. The predicted octanol–water partition coefficient (Wildman–Crippen LogP) is 4.82. The summed E-state index contributed by atoms with van der Waals surface area (Å²) in [6.07, 6.45) is -6.49. The van der Waals surface area contributed by atoms with Crippen molar-refractivity contribution in [3.05, 3.63) is 112 Å². The minimum Gasteiger partial charge on any atom is -0.506 e. The van der Waals surface area contributed by atoms with Gasteiger partial charge in [0, 0.05) is 88.1 Å². The van der Waals surface area contributed by atoms with Gasteiger partial charge in [-0.1, -0.05) is 12.1 Å². The van der Waals surface area contributed by atoms with Crippen molar-refractivity contribution >= 4 is 115 Å². The quantitative estimate of drug-likeness (QED) is 0.0476. The summed E-state index contributed by atoms with van der Waals surface area (Å²) >= 11 is 4.90. The minimum absolute atomic E-state index is 0.00681. The Balaban J connectivity index is 0.937. The van der Waals surface area contributed by atoms with E-state index >= 15 is 19.2 Å². The van der Waals surface area contributed by atoms with Crippen molar-refractivity contribution in [2.24, 2.45) is 0 Å². The first-order valence-corrected chi connectivity index (χ1v) is 37.0. The number of rotatable bonds is 11. The largest absolute Gasteiger partial charge is 0.506 e. The number of ether oxygens (including phenoxy) is 6. The van der Waals surface area contributed by atoms with E-state index in [1.165, 1.54) is 43.2 Å². The Morgan fingerprint density at radius 2 is 1.52 bits per heavy atom.